The second-order valence-electron chi connectivity index (χ2n) is 11.3. The van der Waals surface area contributed by atoms with Gasteiger partial charge in [0.05, 0.1) is 30.3 Å². The molecule has 1 saturated heterocycles. The van der Waals surface area contributed by atoms with E-state index in [1.165, 1.54) is 12.0 Å². The SMILES string of the molecule is CCCCCl.CCO.Cc1cccc(-c2ccn(-c3cc(N4CCOCC4)c4c(n3)CC(C(=O)CCCC(C)C)O4)n2)c1. The van der Waals surface area contributed by atoms with Gasteiger partial charge in [-0.05, 0) is 44.7 Å². The first-order chi connectivity index (χ1) is 20.8. The van der Waals surface area contributed by atoms with Crippen LogP contribution in [-0.4, -0.2) is 70.5 Å². The van der Waals surface area contributed by atoms with Gasteiger partial charge in [-0.2, -0.15) is 5.10 Å². The number of hydrogen-bond donors (Lipinski definition) is 1. The third kappa shape index (κ3) is 10.3. The Morgan fingerprint density at radius 1 is 1.14 bits per heavy atom. The average molecular weight is 613 g/mol. The maximum Gasteiger partial charge on any atom is 0.173 e. The second kappa shape index (κ2) is 18.0. The van der Waals surface area contributed by atoms with Gasteiger partial charge in [-0.15, -0.1) is 11.6 Å². The molecule has 0 radical (unpaired) electrons. The van der Waals surface area contributed by atoms with Gasteiger partial charge in [-0.1, -0.05) is 57.4 Å². The van der Waals surface area contributed by atoms with Crippen molar-refractivity contribution in [1.82, 2.24) is 14.8 Å². The molecule has 2 aromatic heterocycles. The van der Waals surface area contributed by atoms with E-state index in [0.717, 1.165) is 72.4 Å². The summed E-state index contributed by atoms with van der Waals surface area (Å²) in [5.74, 6) is 3.06. The number of nitrogens with zero attached hydrogens (tertiary/aromatic N) is 4. The fourth-order valence-electron chi connectivity index (χ4n) is 4.91. The molecule has 1 N–H and O–H groups in total. The number of rotatable bonds is 10. The minimum atomic E-state index is -0.458. The Kier molecular flexibility index (Phi) is 14.5. The summed E-state index contributed by atoms with van der Waals surface area (Å²) in [4.78, 5) is 20.1. The number of aliphatic hydroxyl groups is 1. The fourth-order valence-corrected chi connectivity index (χ4v) is 5.18. The quantitative estimate of drug-likeness (QED) is 0.252. The molecular weight excluding hydrogens is 564 g/mol. The molecule has 5 rings (SSSR count). The molecule has 43 heavy (non-hydrogen) atoms. The third-order valence-corrected chi connectivity index (χ3v) is 7.46. The number of alkyl halides is 1. The van der Waals surface area contributed by atoms with Crippen molar-refractivity contribution in [2.45, 2.75) is 79.2 Å². The highest BCUT2D eigenvalue weighted by atomic mass is 35.5. The van der Waals surface area contributed by atoms with Gasteiger partial charge < -0.3 is 19.5 Å². The summed E-state index contributed by atoms with van der Waals surface area (Å²) in [6, 6.07) is 12.4. The molecule has 0 aliphatic carbocycles. The van der Waals surface area contributed by atoms with E-state index in [0.29, 0.717) is 32.0 Å². The van der Waals surface area contributed by atoms with E-state index in [1.54, 1.807) is 6.92 Å². The third-order valence-electron chi connectivity index (χ3n) is 7.19. The molecule has 1 unspecified atom stereocenters. The van der Waals surface area contributed by atoms with E-state index in [9.17, 15) is 4.79 Å². The van der Waals surface area contributed by atoms with Crippen LogP contribution in [0.4, 0.5) is 5.69 Å². The summed E-state index contributed by atoms with van der Waals surface area (Å²) in [5, 5.41) is 12.4. The number of benzene rings is 1. The summed E-state index contributed by atoms with van der Waals surface area (Å²) in [5.41, 5.74) is 4.98. The Balaban J connectivity index is 0.000000566. The number of aromatic nitrogens is 3. The number of morpholine rings is 1. The van der Waals surface area contributed by atoms with E-state index >= 15 is 0 Å². The Bertz CT molecular complexity index is 1270. The molecule has 0 saturated carbocycles. The number of ether oxygens (including phenoxy) is 2. The molecule has 1 fully saturated rings. The molecule has 0 spiro atoms. The Hall–Kier alpha value is -2.94. The topological polar surface area (TPSA) is 89.7 Å². The normalized spacial score (nSPS) is 15.6. The maximum absolute atomic E-state index is 12.9. The van der Waals surface area contributed by atoms with Crippen LogP contribution < -0.4 is 9.64 Å². The number of halogens is 1. The molecule has 236 valence electrons. The Labute approximate surface area is 262 Å². The monoisotopic (exact) mass is 612 g/mol. The number of aryl methyl sites for hydroxylation is 1. The first-order valence-corrected chi connectivity index (χ1v) is 16.2. The number of ketones is 1. The Morgan fingerprint density at radius 3 is 2.51 bits per heavy atom. The Morgan fingerprint density at radius 2 is 1.88 bits per heavy atom. The van der Waals surface area contributed by atoms with E-state index in [1.807, 2.05) is 29.1 Å². The summed E-state index contributed by atoms with van der Waals surface area (Å²) in [7, 11) is 0. The minimum absolute atomic E-state index is 0.166. The molecule has 4 heterocycles. The number of pyridine rings is 1. The van der Waals surface area contributed by atoms with Gasteiger partial charge in [0.2, 0.25) is 0 Å². The number of unbranched alkanes of at least 4 members (excludes halogenated alkanes) is 1. The lowest BCUT2D eigenvalue weighted by Crippen LogP contribution is -2.36. The van der Waals surface area contributed by atoms with Crippen LogP contribution in [0, 0.1) is 12.8 Å². The highest BCUT2D eigenvalue weighted by Crippen LogP contribution is 2.39. The highest BCUT2D eigenvalue weighted by Gasteiger charge is 2.34. The van der Waals surface area contributed by atoms with Crippen LogP contribution in [0.2, 0.25) is 0 Å². The van der Waals surface area contributed by atoms with Crippen molar-refractivity contribution in [3.8, 4) is 22.8 Å². The molecule has 1 aromatic carbocycles. The summed E-state index contributed by atoms with van der Waals surface area (Å²) < 4.78 is 13.7. The number of Topliss-reactive ketones (excluding diaryl/α,β-unsaturated/α-hetero) is 1. The molecular formula is C34H49ClN4O4. The van der Waals surface area contributed by atoms with Crippen molar-refractivity contribution < 1.29 is 19.4 Å². The number of carbonyl (C=O) groups is 1. The first kappa shape index (κ1) is 34.5. The van der Waals surface area contributed by atoms with Crippen LogP contribution in [0.25, 0.3) is 17.1 Å². The van der Waals surface area contributed by atoms with Crippen LogP contribution in [0.15, 0.2) is 42.6 Å². The number of hydrogen-bond acceptors (Lipinski definition) is 7. The molecule has 0 amide bonds. The lowest BCUT2D eigenvalue weighted by atomic mass is 10.0. The molecule has 8 nitrogen and oxygen atoms in total. The van der Waals surface area contributed by atoms with Gasteiger partial charge >= 0.3 is 0 Å². The molecule has 1 atom stereocenters. The molecule has 0 bridgehead atoms. The van der Waals surface area contributed by atoms with Crippen LogP contribution in [0.5, 0.6) is 5.75 Å². The average Bonchev–Trinajstić information content (AvgIpc) is 3.66. The summed E-state index contributed by atoms with van der Waals surface area (Å²) in [6.45, 7) is 13.4. The smallest absolute Gasteiger partial charge is 0.173 e. The number of anilines is 1. The van der Waals surface area contributed by atoms with Gasteiger partial charge in [0.15, 0.2) is 23.5 Å². The fraction of sp³-hybridized carbons (Fsp3) is 0.559. The van der Waals surface area contributed by atoms with Gasteiger partial charge in [-0.25, -0.2) is 9.67 Å². The van der Waals surface area contributed by atoms with E-state index in [4.69, 9.17) is 36.3 Å². The van der Waals surface area contributed by atoms with Crippen molar-refractivity contribution >= 4 is 23.1 Å². The van der Waals surface area contributed by atoms with Crippen LogP contribution in [0.1, 0.15) is 71.1 Å². The predicted molar refractivity (Wildman–Crippen MR) is 175 cm³/mol. The van der Waals surface area contributed by atoms with Crippen molar-refractivity contribution in [1.29, 1.82) is 0 Å². The molecule has 2 aliphatic rings. The van der Waals surface area contributed by atoms with Crippen LogP contribution >= 0.6 is 11.6 Å². The van der Waals surface area contributed by atoms with E-state index in [-0.39, 0.29) is 12.4 Å². The lowest BCUT2D eigenvalue weighted by molar-refractivity contribution is -0.125. The molecule has 3 aromatic rings. The number of aliphatic hydroxyl groups excluding tert-OH is 1. The van der Waals surface area contributed by atoms with E-state index < -0.39 is 6.10 Å². The van der Waals surface area contributed by atoms with E-state index in [2.05, 4.69) is 50.8 Å². The lowest BCUT2D eigenvalue weighted by Gasteiger charge is -2.30. The van der Waals surface area contributed by atoms with Crippen LogP contribution in [0.3, 0.4) is 0 Å². The maximum atomic E-state index is 12.9. The predicted octanol–water partition coefficient (Wildman–Crippen LogP) is 6.80. The largest absolute Gasteiger partial charge is 0.478 e. The zero-order valence-corrected chi connectivity index (χ0v) is 27.3. The standard InChI is InChI=1S/C28H34N4O3.C4H9Cl.C2H6O/c1-19(2)6-4-9-25(33)26-17-23-28(35-26)24(31-12-14-34-15-13-31)18-27(29-23)32-11-10-22(30-32)21-8-5-7-20(3)16-21;1-2-3-4-5;1-2-3/h5,7-8,10-11,16,18-19,26H,4,6,9,12-15,17H2,1-3H3;2-4H2,1H3;3H,2H2,1H3. The van der Waals surface area contributed by atoms with Crippen molar-refractivity contribution in [3.63, 3.8) is 0 Å². The summed E-state index contributed by atoms with van der Waals surface area (Å²) in [6.07, 6.45) is 6.86. The summed E-state index contributed by atoms with van der Waals surface area (Å²) >= 11 is 5.30. The van der Waals surface area contributed by atoms with Gasteiger partial charge in [0.1, 0.15) is 0 Å². The van der Waals surface area contributed by atoms with Gasteiger partial charge in [0.25, 0.3) is 0 Å². The van der Waals surface area contributed by atoms with Gasteiger partial charge in [0, 0.05) is 56.2 Å². The van der Waals surface area contributed by atoms with Crippen molar-refractivity contribution in [3.05, 3.63) is 53.9 Å². The van der Waals surface area contributed by atoms with Crippen molar-refractivity contribution in [2.75, 3.05) is 43.7 Å². The highest BCUT2D eigenvalue weighted by molar-refractivity contribution is 6.17. The zero-order chi connectivity index (χ0) is 31.2. The first-order valence-electron chi connectivity index (χ1n) is 15.7. The van der Waals surface area contributed by atoms with Crippen LogP contribution in [-0.2, 0) is 16.0 Å². The zero-order valence-electron chi connectivity index (χ0n) is 26.5. The molecule has 2 aliphatic heterocycles. The molecule has 9 heteroatoms. The second-order valence-corrected chi connectivity index (χ2v) is 11.7. The number of carbonyl (C=O) groups excluding carboxylic acids is 1. The van der Waals surface area contributed by atoms with Crippen molar-refractivity contribution in [2.24, 2.45) is 5.92 Å². The number of fused-ring (bicyclic) bond motifs is 1. The van der Waals surface area contributed by atoms with Gasteiger partial charge in [-0.3, -0.25) is 4.79 Å². The minimum Gasteiger partial charge on any atom is -0.478 e.